The lowest BCUT2D eigenvalue weighted by atomic mass is 10.1. The molecule has 0 aliphatic rings. The van der Waals surface area contributed by atoms with E-state index in [0.29, 0.717) is 35.9 Å². The van der Waals surface area contributed by atoms with Crippen LogP contribution in [0.1, 0.15) is 17.5 Å². The maximum absolute atomic E-state index is 13.3. The Kier molecular flexibility index (Phi) is 9.71. The molecule has 0 saturated heterocycles. The van der Waals surface area contributed by atoms with Crippen molar-refractivity contribution < 1.29 is 12.8 Å². The van der Waals surface area contributed by atoms with Gasteiger partial charge >= 0.3 is 0 Å². The molecular formula is C19H25FIN3O2S. The highest BCUT2D eigenvalue weighted by molar-refractivity contribution is 14.0. The van der Waals surface area contributed by atoms with E-state index in [4.69, 9.17) is 0 Å². The van der Waals surface area contributed by atoms with Crippen molar-refractivity contribution in [3.8, 4) is 0 Å². The van der Waals surface area contributed by atoms with Crippen LogP contribution in [-0.4, -0.2) is 33.7 Å². The molecule has 5 nitrogen and oxygen atoms in total. The highest BCUT2D eigenvalue weighted by Gasteiger charge is 2.13. The number of nitrogens with zero attached hydrogens (tertiary/aromatic N) is 1. The van der Waals surface area contributed by atoms with Gasteiger partial charge < -0.3 is 10.6 Å². The van der Waals surface area contributed by atoms with Crippen LogP contribution in [0.15, 0.2) is 58.4 Å². The van der Waals surface area contributed by atoms with E-state index in [1.807, 2.05) is 0 Å². The highest BCUT2D eigenvalue weighted by atomic mass is 127. The Bertz CT molecular complexity index is 859. The molecule has 0 atom stereocenters. The van der Waals surface area contributed by atoms with E-state index in [9.17, 15) is 12.8 Å². The predicted octanol–water partition coefficient (Wildman–Crippen LogP) is 3.28. The Labute approximate surface area is 177 Å². The fourth-order valence-corrected chi connectivity index (χ4v) is 3.77. The summed E-state index contributed by atoms with van der Waals surface area (Å²) in [5.74, 6) is 0.415. The Balaban J connectivity index is 0.00000364. The van der Waals surface area contributed by atoms with Crippen LogP contribution in [0.3, 0.4) is 0 Å². The molecule has 8 heteroatoms. The van der Waals surface area contributed by atoms with E-state index in [2.05, 4.69) is 15.6 Å². The van der Waals surface area contributed by atoms with Crippen LogP contribution in [0.4, 0.5) is 4.39 Å². The molecule has 0 spiro atoms. The summed E-state index contributed by atoms with van der Waals surface area (Å²) in [6.45, 7) is 2.70. The summed E-state index contributed by atoms with van der Waals surface area (Å²) < 4.78 is 37.7. The van der Waals surface area contributed by atoms with Crippen molar-refractivity contribution in [2.24, 2.45) is 4.99 Å². The lowest BCUT2D eigenvalue weighted by Crippen LogP contribution is -2.37. The number of rotatable bonds is 7. The second-order valence-electron chi connectivity index (χ2n) is 5.92. The van der Waals surface area contributed by atoms with Gasteiger partial charge in [0.05, 0.1) is 10.6 Å². The molecule has 2 N–H and O–H groups in total. The van der Waals surface area contributed by atoms with Gasteiger partial charge in [0.25, 0.3) is 0 Å². The smallest absolute Gasteiger partial charge is 0.191 e. The third kappa shape index (κ3) is 7.45. The van der Waals surface area contributed by atoms with Crippen LogP contribution < -0.4 is 10.6 Å². The minimum absolute atomic E-state index is 0. The lowest BCUT2D eigenvalue weighted by molar-refractivity contribution is 0.592. The number of aryl methyl sites for hydroxylation is 1. The standard InChI is InChI=1S/C19H24FN3O2S.HI/c1-15-13-16(9-10-18(15)20)14-23-19(21-2)22-11-6-12-26(24,25)17-7-4-3-5-8-17;/h3-5,7-10,13H,6,11-12,14H2,1-2H3,(H2,21,22,23);1H. The Morgan fingerprint density at radius 2 is 1.81 bits per heavy atom. The second-order valence-corrected chi connectivity index (χ2v) is 8.03. The quantitative estimate of drug-likeness (QED) is 0.262. The van der Waals surface area contributed by atoms with Gasteiger partial charge in [-0.3, -0.25) is 4.99 Å². The monoisotopic (exact) mass is 505 g/mol. The van der Waals surface area contributed by atoms with Crippen molar-refractivity contribution in [1.82, 2.24) is 10.6 Å². The van der Waals surface area contributed by atoms with Gasteiger partial charge in [0.15, 0.2) is 15.8 Å². The fraction of sp³-hybridized carbons (Fsp3) is 0.316. The third-order valence-electron chi connectivity index (χ3n) is 3.89. The molecule has 0 amide bonds. The zero-order chi connectivity index (χ0) is 19.0. The van der Waals surface area contributed by atoms with E-state index in [0.717, 1.165) is 5.56 Å². The molecule has 27 heavy (non-hydrogen) atoms. The van der Waals surface area contributed by atoms with Crippen molar-refractivity contribution in [1.29, 1.82) is 0 Å². The summed E-state index contributed by atoms with van der Waals surface area (Å²) in [4.78, 5) is 4.45. The maximum atomic E-state index is 13.3. The summed E-state index contributed by atoms with van der Waals surface area (Å²) in [7, 11) is -1.62. The Hall–Kier alpha value is -1.68. The first-order chi connectivity index (χ1) is 12.4. The highest BCUT2D eigenvalue weighted by Crippen LogP contribution is 2.11. The van der Waals surface area contributed by atoms with Gasteiger partial charge in [-0.15, -0.1) is 24.0 Å². The molecule has 2 aromatic rings. The second kappa shape index (κ2) is 11.2. The summed E-state index contributed by atoms with van der Waals surface area (Å²) in [6.07, 6.45) is 0.466. The molecule has 0 aliphatic heterocycles. The number of guanidine groups is 1. The van der Waals surface area contributed by atoms with E-state index in [1.54, 1.807) is 56.4 Å². The van der Waals surface area contributed by atoms with Crippen molar-refractivity contribution in [2.75, 3.05) is 19.3 Å². The number of hydrogen-bond acceptors (Lipinski definition) is 3. The van der Waals surface area contributed by atoms with Crippen LogP contribution in [-0.2, 0) is 16.4 Å². The molecule has 0 bridgehead atoms. The van der Waals surface area contributed by atoms with E-state index < -0.39 is 9.84 Å². The average molecular weight is 505 g/mol. The molecule has 0 heterocycles. The zero-order valence-corrected chi connectivity index (χ0v) is 18.6. The van der Waals surface area contributed by atoms with Gasteiger partial charge in [-0.1, -0.05) is 30.3 Å². The van der Waals surface area contributed by atoms with Crippen LogP contribution in [0.25, 0.3) is 0 Å². The molecule has 0 unspecified atom stereocenters. The summed E-state index contributed by atoms with van der Waals surface area (Å²) in [5.41, 5.74) is 1.54. The van der Waals surface area contributed by atoms with E-state index >= 15 is 0 Å². The Morgan fingerprint density at radius 1 is 1.11 bits per heavy atom. The first-order valence-electron chi connectivity index (χ1n) is 8.40. The molecule has 0 saturated carbocycles. The molecule has 0 radical (unpaired) electrons. The van der Waals surface area contributed by atoms with Crippen LogP contribution in [0.5, 0.6) is 0 Å². The minimum Gasteiger partial charge on any atom is -0.356 e. The Morgan fingerprint density at radius 3 is 2.44 bits per heavy atom. The van der Waals surface area contributed by atoms with Gasteiger partial charge in [-0.2, -0.15) is 0 Å². The summed E-state index contributed by atoms with van der Waals surface area (Å²) in [5, 5.41) is 6.22. The predicted molar refractivity (Wildman–Crippen MR) is 118 cm³/mol. The topological polar surface area (TPSA) is 70.6 Å². The van der Waals surface area contributed by atoms with E-state index in [1.165, 1.54) is 6.07 Å². The number of hydrogen-bond donors (Lipinski definition) is 2. The summed E-state index contributed by atoms with van der Waals surface area (Å²) in [6, 6.07) is 13.4. The van der Waals surface area contributed by atoms with E-state index in [-0.39, 0.29) is 35.5 Å². The minimum atomic E-state index is -3.26. The van der Waals surface area contributed by atoms with Crippen molar-refractivity contribution in [3.05, 3.63) is 65.5 Å². The van der Waals surface area contributed by atoms with Crippen LogP contribution in [0, 0.1) is 12.7 Å². The first-order valence-corrected chi connectivity index (χ1v) is 10.0. The molecule has 148 valence electrons. The molecule has 0 aliphatic carbocycles. The number of nitrogens with one attached hydrogen (secondary N) is 2. The third-order valence-corrected chi connectivity index (χ3v) is 5.71. The fourth-order valence-electron chi connectivity index (χ4n) is 2.44. The van der Waals surface area contributed by atoms with Crippen molar-refractivity contribution in [3.63, 3.8) is 0 Å². The number of aliphatic imine (C=N–C) groups is 1. The molecule has 2 aromatic carbocycles. The number of sulfone groups is 1. The number of halogens is 2. The SMILES string of the molecule is CN=C(NCCCS(=O)(=O)c1ccccc1)NCc1ccc(F)c(C)c1.I. The van der Waals surface area contributed by atoms with Crippen LogP contribution in [0.2, 0.25) is 0 Å². The zero-order valence-electron chi connectivity index (χ0n) is 15.4. The summed E-state index contributed by atoms with van der Waals surface area (Å²) >= 11 is 0. The molecule has 2 rings (SSSR count). The van der Waals surface area contributed by atoms with Crippen molar-refractivity contribution in [2.45, 2.75) is 24.8 Å². The first kappa shape index (κ1) is 23.4. The van der Waals surface area contributed by atoms with Gasteiger partial charge in [-0.05, 0) is 42.7 Å². The average Bonchev–Trinajstić information content (AvgIpc) is 2.64. The largest absolute Gasteiger partial charge is 0.356 e. The molecule has 0 fully saturated rings. The van der Waals surface area contributed by atoms with Crippen molar-refractivity contribution >= 4 is 39.8 Å². The maximum Gasteiger partial charge on any atom is 0.191 e. The van der Waals surface area contributed by atoms with Gasteiger partial charge in [0.1, 0.15) is 5.82 Å². The number of benzene rings is 2. The molecule has 0 aromatic heterocycles. The molecular weight excluding hydrogens is 480 g/mol. The van der Waals surface area contributed by atoms with Gasteiger partial charge in [-0.25, -0.2) is 12.8 Å². The van der Waals surface area contributed by atoms with Gasteiger partial charge in [0.2, 0.25) is 0 Å². The van der Waals surface area contributed by atoms with Gasteiger partial charge in [0, 0.05) is 20.1 Å². The lowest BCUT2D eigenvalue weighted by Gasteiger charge is -2.12. The van der Waals surface area contributed by atoms with Crippen LogP contribution >= 0.6 is 24.0 Å². The normalized spacial score (nSPS) is 11.6.